The van der Waals surface area contributed by atoms with E-state index in [4.69, 9.17) is 27.6 Å². The lowest BCUT2D eigenvalue weighted by Gasteiger charge is -2.07. The van der Waals surface area contributed by atoms with Crippen LogP contribution >= 0.6 is 23.2 Å². The third kappa shape index (κ3) is 2.90. The average Bonchev–Trinajstić information content (AvgIpc) is 2.93. The zero-order valence-electron chi connectivity index (χ0n) is 10.6. The van der Waals surface area contributed by atoms with E-state index in [1.54, 1.807) is 12.1 Å². The number of nitrogens with one attached hydrogen (secondary N) is 1. The fourth-order valence-electron chi connectivity index (χ4n) is 2.22. The maximum Gasteiger partial charge on any atom is 0.123 e. The first-order valence-corrected chi connectivity index (χ1v) is 7.16. The van der Waals surface area contributed by atoms with Crippen LogP contribution in [0.15, 0.2) is 34.7 Å². The van der Waals surface area contributed by atoms with Crippen molar-refractivity contribution >= 4 is 28.9 Å². The van der Waals surface area contributed by atoms with Crippen LogP contribution < -0.4 is 5.32 Å². The van der Waals surface area contributed by atoms with Crippen LogP contribution in [0.3, 0.4) is 0 Å². The van der Waals surface area contributed by atoms with E-state index in [1.807, 2.05) is 12.1 Å². The molecule has 0 spiro atoms. The third-order valence-electron chi connectivity index (χ3n) is 3.54. The van der Waals surface area contributed by atoms with Crippen LogP contribution in [0.1, 0.15) is 30.8 Å². The molecule has 0 amide bonds. The molecule has 4 heteroatoms. The minimum absolute atomic E-state index is 0.612. The number of rotatable bonds is 4. The number of hydrogen-bond donors (Lipinski definition) is 1. The first-order chi connectivity index (χ1) is 9.13. The van der Waals surface area contributed by atoms with Gasteiger partial charge >= 0.3 is 0 Å². The van der Waals surface area contributed by atoms with Crippen molar-refractivity contribution in [1.82, 2.24) is 0 Å². The Hall–Kier alpha value is -1.12. The van der Waals surface area contributed by atoms with Gasteiger partial charge in [0.2, 0.25) is 0 Å². The number of anilines is 1. The number of benzene rings is 1. The first-order valence-electron chi connectivity index (χ1n) is 6.41. The molecule has 1 aromatic heterocycles. The van der Waals surface area contributed by atoms with Crippen molar-refractivity contribution in [2.75, 3.05) is 5.32 Å². The molecule has 0 aliphatic heterocycles. The molecule has 1 heterocycles. The van der Waals surface area contributed by atoms with E-state index in [-0.39, 0.29) is 0 Å². The summed E-state index contributed by atoms with van der Waals surface area (Å²) < 4.78 is 5.83. The first kappa shape index (κ1) is 12.9. The topological polar surface area (TPSA) is 25.2 Å². The van der Waals surface area contributed by atoms with Gasteiger partial charge < -0.3 is 9.73 Å². The van der Waals surface area contributed by atoms with E-state index in [1.165, 1.54) is 6.42 Å². The Bertz CT molecular complexity index is 594. The lowest BCUT2D eigenvalue weighted by atomic mass is 10.3. The SMILES string of the molecule is CC1CC1c1ccc(CNc2cc(Cl)ccc2Cl)o1. The summed E-state index contributed by atoms with van der Waals surface area (Å²) in [6.07, 6.45) is 1.24. The van der Waals surface area contributed by atoms with Crippen molar-refractivity contribution < 1.29 is 4.42 Å². The summed E-state index contributed by atoms with van der Waals surface area (Å²) in [7, 11) is 0. The molecule has 1 aliphatic rings. The van der Waals surface area contributed by atoms with E-state index >= 15 is 0 Å². The highest BCUT2D eigenvalue weighted by atomic mass is 35.5. The van der Waals surface area contributed by atoms with Crippen LogP contribution in [-0.4, -0.2) is 0 Å². The van der Waals surface area contributed by atoms with Gasteiger partial charge in [-0.2, -0.15) is 0 Å². The molecule has 19 heavy (non-hydrogen) atoms. The van der Waals surface area contributed by atoms with Crippen molar-refractivity contribution in [2.24, 2.45) is 5.92 Å². The maximum atomic E-state index is 6.10. The van der Waals surface area contributed by atoms with Gasteiger partial charge in [0.25, 0.3) is 0 Å². The molecule has 1 aromatic carbocycles. The van der Waals surface area contributed by atoms with E-state index in [2.05, 4.69) is 18.3 Å². The zero-order chi connectivity index (χ0) is 13.4. The van der Waals surface area contributed by atoms with Gasteiger partial charge in [-0.05, 0) is 42.7 Å². The van der Waals surface area contributed by atoms with E-state index in [0.29, 0.717) is 22.5 Å². The van der Waals surface area contributed by atoms with Crippen LogP contribution in [0.5, 0.6) is 0 Å². The second kappa shape index (κ2) is 5.10. The summed E-state index contributed by atoms with van der Waals surface area (Å²) >= 11 is 12.0. The molecule has 1 saturated carbocycles. The molecule has 1 aliphatic carbocycles. The van der Waals surface area contributed by atoms with Gasteiger partial charge in [-0.15, -0.1) is 0 Å². The van der Waals surface area contributed by atoms with Gasteiger partial charge in [0, 0.05) is 10.9 Å². The van der Waals surface area contributed by atoms with Crippen LogP contribution in [-0.2, 0) is 6.54 Å². The Morgan fingerprint density at radius 3 is 2.79 bits per heavy atom. The average molecular weight is 296 g/mol. The highest BCUT2D eigenvalue weighted by molar-refractivity contribution is 6.35. The quantitative estimate of drug-likeness (QED) is 0.825. The van der Waals surface area contributed by atoms with Crippen LogP contribution in [0, 0.1) is 5.92 Å². The molecule has 2 atom stereocenters. The lowest BCUT2D eigenvalue weighted by Crippen LogP contribution is -1.98. The van der Waals surface area contributed by atoms with Gasteiger partial charge in [-0.1, -0.05) is 30.1 Å². The van der Waals surface area contributed by atoms with Crippen LogP contribution in [0.25, 0.3) is 0 Å². The Morgan fingerprint density at radius 2 is 2.05 bits per heavy atom. The van der Waals surface area contributed by atoms with Crippen LogP contribution in [0.2, 0.25) is 10.0 Å². The highest BCUT2D eigenvalue weighted by Gasteiger charge is 2.36. The highest BCUT2D eigenvalue weighted by Crippen LogP contribution is 2.47. The van der Waals surface area contributed by atoms with Gasteiger partial charge in [-0.25, -0.2) is 0 Å². The number of furan rings is 1. The Labute approximate surface area is 122 Å². The molecule has 0 radical (unpaired) electrons. The summed E-state index contributed by atoms with van der Waals surface area (Å²) in [5, 5.41) is 4.57. The predicted molar refractivity (Wildman–Crippen MR) is 79.0 cm³/mol. The zero-order valence-corrected chi connectivity index (χ0v) is 12.1. The second-order valence-corrected chi connectivity index (χ2v) is 5.94. The molecule has 3 rings (SSSR count). The number of hydrogen-bond acceptors (Lipinski definition) is 2. The summed E-state index contributed by atoms with van der Waals surface area (Å²) in [5.41, 5.74) is 0.826. The van der Waals surface area contributed by atoms with Gasteiger partial charge in [0.1, 0.15) is 11.5 Å². The third-order valence-corrected chi connectivity index (χ3v) is 4.10. The Balaban J connectivity index is 1.65. The molecule has 0 bridgehead atoms. The predicted octanol–water partition coefficient (Wildman–Crippen LogP) is 5.32. The summed E-state index contributed by atoms with van der Waals surface area (Å²) in [6, 6.07) is 9.47. The fraction of sp³-hybridized carbons (Fsp3) is 0.333. The van der Waals surface area contributed by atoms with Gasteiger partial charge in [0.05, 0.1) is 17.3 Å². The molecule has 1 N–H and O–H groups in total. The molecule has 2 unspecified atom stereocenters. The largest absolute Gasteiger partial charge is 0.464 e. The van der Waals surface area contributed by atoms with Crippen molar-refractivity contribution in [3.8, 4) is 0 Å². The lowest BCUT2D eigenvalue weighted by molar-refractivity contribution is 0.468. The standard InChI is InChI=1S/C15H15Cl2NO/c1-9-6-12(9)15-5-3-11(19-15)8-18-14-7-10(16)2-4-13(14)17/h2-5,7,9,12,18H,6,8H2,1H3. The Morgan fingerprint density at radius 1 is 1.26 bits per heavy atom. The van der Waals surface area contributed by atoms with E-state index in [0.717, 1.165) is 23.1 Å². The maximum absolute atomic E-state index is 6.10. The van der Waals surface area contributed by atoms with Crippen LogP contribution in [0.4, 0.5) is 5.69 Å². The molecular formula is C15H15Cl2NO. The van der Waals surface area contributed by atoms with Crippen molar-refractivity contribution in [3.05, 3.63) is 51.9 Å². The molecule has 1 fully saturated rings. The van der Waals surface area contributed by atoms with E-state index in [9.17, 15) is 0 Å². The van der Waals surface area contributed by atoms with Gasteiger partial charge in [-0.3, -0.25) is 0 Å². The monoisotopic (exact) mass is 295 g/mol. The summed E-state index contributed by atoms with van der Waals surface area (Å²) in [4.78, 5) is 0. The smallest absolute Gasteiger partial charge is 0.123 e. The normalized spacial score (nSPS) is 21.4. The van der Waals surface area contributed by atoms with Gasteiger partial charge in [0.15, 0.2) is 0 Å². The Kier molecular flexibility index (Phi) is 3.46. The molecule has 2 nitrogen and oxygen atoms in total. The number of halogens is 2. The molecule has 0 saturated heterocycles. The van der Waals surface area contributed by atoms with Crippen molar-refractivity contribution in [1.29, 1.82) is 0 Å². The second-order valence-electron chi connectivity index (χ2n) is 5.10. The molecule has 2 aromatic rings. The minimum Gasteiger partial charge on any atom is -0.464 e. The van der Waals surface area contributed by atoms with Crippen molar-refractivity contribution in [2.45, 2.75) is 25.8 Å². The molecule has 100 valence electrons. The van der Waals surface area contributed by atoms with Crippen molar-refractivity contribution in [3.63, 3.8) is 0 Å². The van der Waals surface area contributed by atoms with E-state index < -0.39 is 0 Å². The fourth-order valence-corrected chi connectivity index (χ4v) is 2.58. The summed E-state index contributed by atoms with van der Waals surface area (Å²) in [5.74, 6) is 3.39. The molecular weight excluding hydrogens is 281 g/mol. The summed E-state index contributed by atoms with van der Waals surface area (Å²) in [6.45, 7) is 2.86. The minimum atomic E-state index is 0.612.